The van der Waals surface area contributed by atoms with Crippen molar-refractivity contribution in [1.29, 1.82) is 0 Å². The maximum absolute atomic E-state index is 13.3. The van der Waals surface area contributed by atoms with E-state index in [0.717, 1.165) is 11.6 Å². The molecule has 1 aromatic heterocycles. The van der Waals surface area contributed by atoms with Crippen LogP contribution in [0.4, 0.5) is 19.0 Å². The highest BCUT2D eigenvalue weighted by Crippen LogP contribution is 2.36. The van der Waals surface area contributed by atoms with Crippen LogP contribution in [0.5, 0.6) is 5.88 Å². The van der Waals surface area contributed by atoms with Crippen molar-refractivity contribution in [3.05, 3.63) is 59.2 Å². The molecule has 0 atom stereocenters. The van der Waals surface area contributed by atoms with E-state index in [9.17, 15) is 18.0 Å². The molecule has 0 aliphatic rings. The van der Waals surface area contributed by atoms with Gasteiger partial charge in [0, 0.05) is 24.3 Å². The van der Waals surface area contributed by atoms with Gasteiger partial charge in [0.25, 0.3) is 0 Å². The minimum absolute atomic E-state index is 0.142. The number of halogens is 3. The van der Waals surface area contributed by atoms with Gasteiger partial charge in [-0.25, -0.2) is 4.79 Å². The summed E-state index contributed by atoms with van der Waals surface area (Å²) in [5.74, 6) is -2.13. The molecule has 6 nitrogen and oxygen atoms in total. The third kappa shape index (κ3) is 7.46. The second-order valence-electron chi connectivity index (χ2n) is 6.07. The molecule has 0 spiro atoms. The maximum atomic E-state index is 13.3. The Morgan fingerprint density at radius 1 is 1.17 bits per heavy atom. The van der Waals surface area contributed by atoms with Crippen molar-refractivity contribution in [2.75, 3.05) is 18.9 Å². The molecule has 1 heterocycles. The highest BCUT2D eigenvalue weighted by Gasteiger charge is 2.35. The summed E-state index contributed by atoms with van der Waals surface area (Å²) in [5.41, 5.74) is 5.01. The normalized spacial score (nSPS) is 11.7. The van der Waals surface area contributed by atoms with Gasteiger partial charge in [-0.05, 0) is 24.5 Å². The molecule has 0 aliphatic carbocycles. The van der Waals surface area contributed by atoms with Crippen molar-refractivity contribution in [2.45, 2.75) is 25.6 Å². The van der Waals surface area contributed by atoms with E-state index in [2.05, 4.69) is 4.98 Å². The van der Waals surface area contributed by atoms with Crippen molar-refractivity contribution in [2.24, 2.45) is 0 Å². The zero-order valence-electron chi connectivity index (χ0n) is 15.5. The first-order chi connectivity index (χ1) is 13.8. The van der Waals surface area contributed by atoms with Gasteiger partial charge in [-0.2, -0.15) is 18.2 Å². The Bertz CT molecular complexity index is 840. The first-order valence-electron chi connectivity index (χ1n) is 8.80. The molecule has 0 aliphatic heterocycles. The number of hydrogen-bond acceptors (Lipinski definition) is 5. The predicted octanol–water partition coefficient (Wildman–Crippen LogP) is 4.16. The molecule has 9 heteroatoms. The summed E-state index contributed by atoms with van der Waals surface area (Å²) >= 11 is 0. The van der Waals surface area contributed by atoms with Crippen molar-refractivity contribution >= 4 is 17.9 Å². The average molecular weight is 410 g/mol. The Morgan fingerprint density at radius 2 is 1.86 bits per heavy atom. The average Bonchev–Trinajstić information content (AvgIpc) is 2.66. The smallest absolute Gasteiger partial charge is 0.417 e. The number of alkyl halides is 3. The maximum Gasteiger partial charge on any atom is 0.417 e. The number of aliphatic carboxylic acids is 1. The van der Waals surface area contributed by atoms with E-state index in [4.69, 9.17) is 20.3 Å². The zero-order valence-corrected chi connectivity index (χ0v) is 15.5. The number of carboxylic acid groups (broad SMARTS) is 1. The van der Waals surface area contributed by atoms with Gasteiger partial charge in [0.15, 0.2) is 0 Å². The van der Waals surface area contributed by atoms with Crippen LogP contribution in [0.15, 0.2) is 42.5 Å². The molecular weight excluding hydrogens is 389 g/mol. The Morgan fingerprint density at radius 3 is 2.52 bits per heavy atom. The van der Waals surface area contributed by atoms with E-state index in [-0.39, 0.29) is 12.5 Å². The van der Waals surface area contributed by atoms with Gasteiger partial charge in [-0.1, -0.05) is 30.3 Å². The predicted molar refractivity (Wildman–Crippen MR) is 101 cm³/mol. The van der Waals surface area contributed by atoms with Crippen LogP contribution in [-0.2, 0) is 22.3 Å². The number of benzene rings is 1. The molecule has 3 N–H and O–H groups in total. The number of nitrogens with two attached hydrogens (primary N) is 1. The van der Waals surface area contributed by atoms with Crippen LogP contribution in [0, 0.1) is 0 Å². The van der Waals surface area contributed by atoms with Gasteiger partial charge >= 0.3 is 12.1 Å². The number of aromatic nitrogens is 1. The van der Waals surface area contributed by atoms with Gasteiger partial charge in [0.2, 0.25) is 5.88 Å². The van der Waals surface area contributed by atoms with E-state index in [1.807, 2.05) is 30.3 Å². The number of nitrogen functional groups attached to an aromatic ring is 1. The fourth-order valence-electron chi connectivity index (χ4n) is 2.44. The molecule has 0 fully saturated rings. The number of pyridine rings is 1. The summed E-state index contributed by atoms with van der Waals surface area (Å²) in [4.78, 5) is 14.4. The number of carboxylic acids is 1. The fourth-order valence-corrected chi connectivity index (χ4v) is 2.44. The first-order valence-corrected chi connectivity index (χ1v) is 8.80. The molecule has 0 unspecified atom stereocenters. The van der Waals surface area contributed by atoms with Crippen LogP contribution in [0.1, 0.15) is 29.5 Å². The van der Waals surface area contributed by atoms with E-state index >= 15 is 0 Å². The minimum atomic E-state index is -4.74. The number of ether oxygens (including phenoxy) is 2. The second-order valence-corrected chi connectivity index (χ2v) is 6.07. The molecule has 0 amide bonds. The zero-order chi connectivity index (χ0) is 21.3. The van der Waals surface area contributed by atoms with E-state index in [0.29, 0.717) is 38.2 Å². The molecule has 0 bridgehead atoms. The molecular formula is C20H21F3N2O4. The Balaban J connectivity index is 1.87. The molecule has 0 radical (unpaired) electrons. The standard InChI is InChI=1S/C20H21F3N2O4/c21-20(22,23)16-12-17(25-19(24)15(16)8-9-18(26)27)29-11-5-4-10-28-13-14-6-2-1-3-7-14/h1-3,6-9,12H,4-5,10-11,13H2,(H2,24,25)(H,26,27)/b9-8+. The fraction of sp³-hybridized carbons (Fsp3) is 0.300. The monoisotopic (exact) mass is 410 g/mol. The third-order valence-electron chi connectivity index (χ3n) is 3.81. The van der Waals surface area contributed by atoms with Crippen molar-refractivity contribution in [1.82, 2.24) is 4.98 Å². The topological polar surface area (TPSA) is 94.7 Å². The third-order valence-corrected chi connectivity index (χ3v) is 3.81. The molecule has 0 saturated heterocycles. The lowest BCUT2D eigenvalue weighted by molar-refractivity contribution is -0.138. The van der Waals surface area contributed by atoms with Gasteiger partial charge in [0.05, 0.1) is 18.8 Å². The SMILES string of the molecule is Nc1nc(OCCCCOCc2ccccc2)cc(C(F)(F)F)c1/C=C/C(=O)O. The number of carbonyl (C=O) groups is 1. The van der Waals surface area contributed by atoms with Gasteiger partial charge in [0.1, 0.15) is 5.82 Å². The van der Waals surface area contributed by atoms with Crippen molar-refractivity contribution in [3.8, 4) is 5.88 Å². The summed E-state index contributed by atoms with van der Waals surface area (Å²) in [6.07, 6.45) is -2.19. The number of hydrogen-bond donors (Lipinski definition) is 2. The van der Waals surface area contributed by atoms with Crippen molar-refractivity contribution < 1.29 is 32.5 Å². The molecule has 2 rings (SSSR count). The molecule has 29 heavy (non-hydrogen) atoms. The summed E-state index contributed by atoms with van der Waals surface area (Å²) in [6, 6.07) is 10.4. The first kappa shape index (κ1) is 22.2. The number of rotatable bonds is 10. The number of nitrogens with zero attached hydrogens (tertiary/aromatic N) is 1. The summed E-state index contributed by atoms with van der Waals surface area (Å²) in [7, 11) is 0. The van der Waals surface area contributed by atoms with Crippen LogP contribution in [-0.4, -0.2) is 29.3 Å². The second kappa shape index (κ2) is 10.5. The number of anilines is 1. The lowest BCUT2D eigenvalue weighted by Crippen LogP contribution is -2.12. The Kier molecular flexibility index (Phi) is 8.02. The van der Waals surface area contributed by atoms with Gasteiger partial charge in [-0.3, -0.25) is 0 Å². The minimum Gasteiger partial charge on any atom is -0.478 e. The molecule has 0 saturated carbocycles. The van der Waals surface area contributed by atoms with Gasteiger partial charge < -0.3 is 20.3 Å². The van der Waals surface area contributed by atoms with Crippen LogP contribution in [0.3, 0.4) is 0 Å². The number of unbranched alkanes of at least 4 members (excludes halogenated alkanes) is 1. The highest BCUT2D eigenvalue weighted by atomic mass is 19.4. The van der Waals surface area contributed by atoms with Crippen molar-refractivity contribution in [3.63, 3.8) is 0 Å². The van der Waals surface area contributed by atoms with Crippen LogP contribution in [0.25, 0.3) is 6.08 Å². The Hall–Kier alpha value is -3.07. The van der Waals surface area contributed by atoms with E-state index < -0.39 is 29.1 Å². The lowest BCUT2D eigenvalue weighted by Gasteiger charge is -2.14. The largest absolute Gasteiger partial charge is 0.478 e. The highest BCUT2D eigenvalue weighted by molar-refractivity contribution is 5.87. The molecule has 156 valence electrons. The van der Waals surface area contributed by atoms with E-state index in [1.165, 1.54) is 0 Å². The Labute approximate surface area is 165 Å². The summed E-state index contributed by atoms with van der Waals surface area (Å²) in [5, 5.41) is 8.62. The van der Waals surface area contributed by atoms with Crippen LogP contribution in [0.2, 0.25) is 0 Å². The molecule has 2 aromatic rings. The lowest BCUT2D eigenvalue weighted by atomic mass is 10.1. The molecule has 1 aromatic carbocycles. The quantitative estimate of drug-likeness (QED) is 0.451. The van der Waals surface area contributed by atoms with Crippen LogP contribution < -0.4 is 10.5 Å². The summed E-state index contributed by atoms with van der Waals surface area (Å²) in [6.45, 7) is 1.11. The van der Waals surface area contributed by atoms with E-state index in [1.54, 1.807) is 0 Å². The van der Waals surface area contributed by atoms with Crippen LogP contribution >= 0.6 is 0 Å². The summed E-state index contributed by atoms with van der Waals surface area (Å²) < 4.78 is 50.6. The van der Waals surface area contributed by atoms with Gasteiger partial charge in [-0.15, -0.1) is 0 Å².